The SMILES string of the molecule is CCCn1c(N)c(C(=O)COC(=O)c2ccc(OC)cc2O)c(=O)n(C)c1=O. The lowest BCUT2D eigenvalue weighted by atomic mass is 10.2. The van der Waals surface area contributed by atoms with E-state index in [2.05, 4.69) is 0 Å². The van der Waals surface area contributed by atoms with Crippen LogP contribution in [0.4, 0.5) is 5.82 Å². The Bertz CT molecular complexity index is 1040. The molecule has 2 aromatic rings. The number of hydrogen-bond donors (Lipinski definition) is 2. The number of carbonyl (C=O) groups is 2. The number of nitrogens with zero attached hydrogens (tertiary/aromatic N) is 2. The predicted molar refractivity (Wildman–Crippen MR) is 99.9 cm³/mol. The van der Waals surface area contributed by atoms with E-state index in [-0.39, 0.29) is 23.7 Å². The largest absolute Gasteiger partial charge is 0.507 e. The number of phenolic OH excluding ortho intramolecular Hbond substituents is 1. The number of nitrogen functional groups attached to an aromatic ring is 1. The minimum atomic E-state index is -0.967. The topological polar surface area (TPSA) is 143 Å². The average Bonchev–Trinajstić information content (AvgIpc) is 2.67. The summed E-state index contributed by atoms with van der Waals surface area (Å²) in [5.74, 6) is -2.15. The fourth-order valence-corrected chi connectivity index (χ4v) is 2.58. The second-order valence-electron chi connectivity index (χ2n) is 5.94. The quantitative estimate of drug-likeness (QED) is 0.506. The molecule has 3 N–H and O–H groups in total. The van der Waals surface area contributed by atoms with Gasteiger partial charge in [-0.15, -0.1) is 0 Å². The zero-order valence-electron chi connectivity index (χ0n) is 15.7. The number of esters is 1. The van der Waals surface area contributed by atoms with Crippen molar-refractivity contribution in [2.24, 2.45) is 7.05 Å². The van der Waals surface area contributed by atoms with Gasteiger partial charge in [0.05, 0.1) is 7.11 Å². The van der Waals surface area contributed by atoms with Crippen LogP contribution >= 0.6 is 0 Å². The Morgan fingerprint density at radius 3 is 2.50 bits per heavy atom. The van der Waals surface area contributed by atoms with Gasteiger partial charge in [-0.25, -0.2) is 9.59 Å². The number of aromatic nitrogens is 2. The van der Waals surface area contributed by atoms with Gasteiger partial charge >= 0.3 is 11.7 Å². The van der Waals surface area contributed by atoms with E-state index in [1.54, 1.807) is 0 Å². The molecule has 1 heterocycles. The molecule has 1 aromatic carbocycles. The lowest BCUT2D eigenvalue weighted by molar-refractivity contribution is 0.0471. The second kappa shape index (κ2) is 8.42. The third kappa shape index (κ3) is 3.90. The Morgan fingerprint density at radius 2 is 1.93 bits per heavy atom. The van der Waals surface area contributed by atoms with Gasteiger partial charge in [0.15, 0.2) is 6.61 Å². The number of benzene rings is 1. The average molecular weight is 391 g/mol. The summed E-state index contributed by atoms with van der Waals surface area (Å²) in [6.07, 6.45) is 0.557. The maximum absolute atomic E-state index is 12.5. The molecule has 0 bridgehead atoms. The molecule has 10 heteroatoms. The van der Waals surface area contributed by atoms with Crippen LogP contribution in [0.1, 0.15) is 34.1 Å². The Kier molecular flexibility index (Phi) is 6.24. The first kappa shape index (κ1) is 20.7. The number of phenols is 1. The maximum atomic E-state index is 12.5. The van der Waals surface area contributed by atoms with Crippen molar-refractivity contribution < 1.29 is 24.2 Å². The van der Waals surface area contributed by atoms with Crippen molar-refractivity contribution in [3.8, 4) is 11.5 Å². The van der Waals surface area contributed by atoms with E-state index in [0.717, 1.165) is 9.13 Å². The van der Waals surface area contributed by atoms with Crippen molar-refractivity contribution in [3.63, 3.8) is 0 Å². The molecule has 0 spiro atoms. The molecule has 0 saturated heterocycles. The van der Waals surface area contributed by atoms with Crippen LogP contribution in [-0.2, 0) is 18.3 Å². The zero-order chi connectivity index (χ0) is 21.0. The van der Waals surface area contributed by atoms with Gasteiger partial charge in [-0.05, 0) is 18.6 Å². The van der Waals surface area contributed by atoms with E-state index in [1.807, 2.05) is 6.92 Å². The molecule has 0 fully saturated rings. The summed E-state index contributed by atoms with van der Waals surface area (Å²) in [5.41, 5.74) is 3.73. The predicted octanol–water partition coefficient (Wildman–Crippen LogP) is 0.293. The van der Waals surface area contributed by atoms with Crippen LogP contribution in [0.3, 0.4) is 0 Å². The van der Waals surface area contributed by atoms with Crippen molar-refractivity contribution in [1.29, 1.82) is 0 Å². The van der Waals surface area contributed by atoms with Crippen LogP contribution < -0.4 is 21.7 Å². The molecule has 0 aliphatic rings. The van der Waals surface area contributed by atoms with Crippen molar-refractivity contribution in [2.45, 2.75) is 19.9 Å². The van der Waals surface area contributed by atoms with Gasteiger partial charge in [0, 0.05) is 19.7 Å². The highest BCUT2D eigenvalue weighted by molar-refractivity contribution is 6.02. The van der Waals surface area contributed by atoms with Gasteiger partial charge in [-0.1, -0.05) is 6.92 Å². The summed E-state index contributed by atoms with van der Waals surface area (Å²) in [6.45, 7) is 1.24. The van der Waals surface area contributed by atoms with E-state index < -0.39 is 35.2 Å². The molecule has 1 aromatic heterocycles. The molecule has 0 atom stereocenters. The fraction of sp³-hybridized carbons (Fsp3) is 0.333. The first-order chi connectivity index (χ1) is 13.2. The molecular formula is C18H21N3O7. The van der Waals surface area contributed by atoms with Crippen LogP contribution in [0.25, 0.3) is 0 Å². The first-order valence-electron chi connectivity index (χ1n) is 8.39. The number of rotatable bonds is 7. The molecule has 28 heavy (non-hydrogen) atoms. The third-order valence-corrected chi connectivity index (χ3v) is 4.07. The van der Waals surface area contributed by atoms with Gasteiger partial charge in [0.25, 0.3) is 5.56 Å². The highest BCUT2D eigenvalue weighted by Crippen LogP contribution is 2.24. The standard InChI is InChI=1S/C18H21N3O7/c1-4-7-21-15(19)14(16(24)20(2)18(21)26)13(23)9-28-17(25)11-6-5-10(27-3)8-12(11)22/h5-6,8,22H,4,7,9,19H2,1-3H3. The normalized spacial score (nSPS) is 10.5. The molecule has 0 aliphatic heterocycles. The van der Waals surface area contributed by atoms with Crippen molar-refractivity contribution in [3.05, 3.63) is 50.2 Å². The summed E-state index contributed by atoms with van der Waals surface area (Å²) >= 11 is 0. The molecule has 0 unspecified atom stereocenters. The molecule has 0 amide bonds. The molecule has 150 valence electrons. The van der Waals surface area contributed by atoms with Crippen LogP contribution in [0, 0.1) is 0 Å². The number of hydrogen-bond acceptors (Lipinski definition) is 8. The van der Waals surface area contributed by atoms with Crippen LogP contribution in [-0.4, -0.2) is 39.7 Å². The number of methoxy groups -OCH3 is 1. The third-order valence-electron chi connectivity index (χ3n) is 4.07. The number of carbonyl (C=O) groups excluding carboxylic acids is 2. The summed E-state index contributed by atoms with van der Waals surface area (Å²) in [5, 5.41) is 9.85. The highest BCUT2D eigenvalue weighted by atomic mass is 16.5. The lowest BCUT2D eigenvalue weighted by Crippen LogP contribution is -2.43. The van der Waals surface area contributed by atoms with E-state index in [0.29, 0.717) is 12.2 Å². The molecule has 0 aliphatic carbocycles. The van der Waals surface area contributed by atoms with Gasteiger partial charge in [0.2, 0.25) is 5.78 Å². The second-order valence-corrected chi connectivity index (χ2v) is 5.94. The summed E-state index contributed by atoms with van der Waals surface area (Å²) < 4.78 is 11.7. The number of aromatic hydroxyl groups is 1. The number of Topliss-reactive ketones (excluding diaryl/α,β-unsaturated/α-hetero) is 1. The van der Waals surface area contributed by atoms with Gasteiger partial charge < -0.3 is 20.3 Å². The van der Waals surface area contributed by atoms with Gasteiger partial charge in [-0.3, -0.25) is 18.7 Å². The fourth-order valence-electron chi connectivity index (χ4n) is 2.58. The van der Waals surface area contributed by atoms with Crippen LogP contribution in [0.2, 0.25) is 0 Å². The minimum Gasteiger partial charge on any atom is -0.507 e. The zero-order valence-corrected chi connectivity index (χ0v) is 15.7. The Balaban J connectivity index is 2.27. The van der Waals surface area contributed by atoms with Crippen molar-refractivity contribution in [1.82, 2.24) is 9.13 Å². The Hall–Kier alpha value is -3.56. The lowest BCUT2D eigenvalue weighted by Gasteiger charge is -2.14. The highest BCUT2D eigenvalue weighted by Gasteiger charge is 2.23. The van der Waals surface area contributed by atoms with E-state index in [1.165, 1.54) is 32.4 Å². The summed E-state index contributed by atoms with van der Waals surface area (Å²) in [7, 11) is 2.63. The van der Waals surface area contributed by atoms with Crippen LogP contribution in [0.5, 0.6) is 11.5 Å². The number of nitrogens with two attached hydrogens (primary N) is 1. The molecule has 2 rings (SSSR count). The Labute approximate surface area is 159 Å². The van der Waals surface area contributed by atoms with Crippen LogP contribution in [0.15, 0.2) is 27.8 Å². The van der Waals surface area contributed by atoms with Gasteiger partial charge in [-0.2, -0.15) is 0 Å². The molecule has 10 nitrogen and oxygen atoms in total. The maximum Gasteiger partial charge on any atom is 0.342 e. The first-order valence-corrected chi connectivity index (χ1v) is 8.39. The van der Waals surface area contributed by atoms with Crippen molar-refractivity contribution >= 4 is 17.6 Å². The molecule has 0 saturated carbocycles. The number of ketones is 1. The summed E-state index contributed by atoms with van der Waals surface area (Å²) in [6, 6.07) is 3.93. The number of ether oxygens (including phenoxy) is 2. The van der Waals surface area contributed by atoms with E-state index in [4.69, 9.17) is 15.2 Å². The molecular weight excluding hydrogens is 370 g/mol. The molecule has 0 radical (unpaired) electrons. The van der Waals surface area contributed by atoms with Gasteiger partial charge in [0.1, 0.15) is 28.4 Å². The Morgan fingerprint density at radius 1 is 1.25 bits per heavy atom. The number of anilines is 1. The van der Waals surface area contributed by atoms with E-state index >= 15 is 0 Å². The van der Waals surface area contributed by atoms with Crippen molar-refractivity contribution in [2.75, 3.05) is 19.5 Å². The smallest absolute Gasteiger partial charge is 0.342 e. The minimum absolute atomic E-state index is 0.176. The monoisotopic (exact) mass is 391 g/mol. The summed E-state index contributed by atoms with van der Waals surface area (Å²) in [4.78, 5) is 49.0. The van der Waals surface area contributed by atoms with E-state index in [9.17, 15) is 24.3 Å².